The molecule has 11 nitrogen and oxygen atoms in total. The van der Waals surface area contributed by atoms with Crippen molar-refractivity contribution >= 4 is 14.1 Å². The number of nitrogens with two attached hydrogens (primary N) is 1. The molecule has 1 saturated heterocycles. The number of aromatic nitrogens is 2. The molecule has 1 aromatic heterocycles. The molecule has 1 aromatic rings. The van der Waals surface area contributed by atoms with Crippen LogP contribution in [0, 0.1) is 0 Å². The molecule has 5 atom stereocenters. The van der Waals surface area contributed by atoms with Gasteiger partial charge in [-0.3, -0.25) is 4.57 Å². The maximum atomic E-state index is 11.6. The Balaban J connectivity index is 2.17. The fraction of sp³-hybridized carbons (Fsp3) is 0.500. The highest BCUT2D eigenvalue weighted by atomic mass is 31.1. The van der Waals surface area contributed by atoms with Crippen LogP contribution in [0.4, 0.5) is 5.82 Å². The molecule has 0 radical (unpaired) electrons. The summed E-state index contributed by atoms with van der Waals surface area (Å²) >= 11 is 0. The van der Waals surface area contributed by atoms with Crippen molar-refractivity contribution in [2.45, 2.75) is 24.7 Å². The van der Waals surface area contributed by atoms with E-state index in [0.717, 1.165) is 4.57 Å². The molecule has 0 aromatic carbocycles. The first-order valence-electron chi connectivity index (χ1n) is 5.35. The molecule has 6 N–H and O–H groups in total. The number of nitrogens with zero attached hydrogens (tertiary/aromatic N) is 2. The van der Waals surface area contributed by atoms with Gasteiger partial charge in [0.2, 0.25) is 0 Å². The summed E-state index contributed by atoms with van der Waals surface area (Å²) in [6.45, 7) is 0. The first kappa shape index (κ1) is 14.9. The van der Waals surface area contributed by atoms with Crippen molar-refractivity contribution in [3.8, 4) is 0 Å². The van der Waals surface area contributed by atoms with Crippen LogP contribution in [0.25, 0.3) is 0 Å². The molecule has 0 bridgehead atoms. The number of hydrogen-bond donors (Lipinski definition) is 5. The predicted molar refractivity (Wildman–Crippen MR) is 62.9 cm³/mol. The molecule has 110 valence electrons. The third kappa shape index (κ3) is 2.99. The van der Waals surface area contributed by atoms with Gasteiger partial charge in [-0.15, -0.1) is 10.4 Å². The Morgan fingerprint density at radius 3 is 2.80 bits per heavy atom. The van der Waals surface area contributed by atoms with Crippen LogP contribution < -0.4 is 16.9 Å². The monoisotopic (exact) mass is 307 g/mol. The van der Waals surface area contributed by atoms with Crippen molar-refractivity contribution in [2.75, 3.05) is 5.73 Å². The molecule has 0 amide bonds. The fourth-order valence-electron chi connectivity index (χ4n) is 1.70. The summed E-state index contributed by atoms with van der Waals surface area (Å²) in [5.74, 6) is -0.00503. The molecule has 0 saturated carbocycles. The van der Waals surface area contributed by atoms with E-state index in [1.54, 1.807) is 0 Å². The van der Waals surface area contributed by atoms with Crippen LogP contribution in [0.3, 0.4) is 0 Å². The second-order valence-corrected chi connectivity index (χ2v) is 4.58. The SMILES string of the molecule is Nc1ccn([C@@H]2O[C@H](NO[P+](=O)O)[C@H](O)[C@H]2O)c(=O)n1. The van der Waals surface area contributed by atoms with Crippen molar-refractivity contribution in [1.29, 1.82) is 0 Å². The molecule has 0 aliphatic carbocycles. The summed E-state index contributed by atoms with van der Waals surface area (Å²) in [5.41, 5.74) is 6.51. The van der Waals surface area contributed by atoms with Crippen LogP contribution >= 0.6 is 8.25 Å². The summed E-state index contributed by atoms with van der Waals surface area (Å²) in [6, 6.07) is 1.31. The predicted octanol–water partition coefficient (Wildman–Crippen LogP) is -2.43. The number of anilines is 1. The number of hydrogen-bond acceptors (Lipinski definition) is 9. The zero-order chi connectivity index (χ0) is 14.9. The number of aliphatic hydroxyl groups excluding tert-OH is 2. The summed E-state index contributed by atoms with van der Waals surface area (Å²) in [4.78, 5) is 23.5. The van der Waals surface area contributed by atoms with Crippen molar-refractivity contribution in [2.24, 2.45) is 0 Å². The maximum absolute atomic E-state index is 11.6. The average molecular weight is 307 g/mol. The van der Waals surface area contributed by atoms with Crippen LogP contribution in [0.15, 0.2) is 17.1 Å². The van der Waals surface area contributed by atoms with Gasteiger partial charge in [-0.05, 0) is 10.7 Å². The van der Waals surface area contributed by atoms with Gasteiger partial charge in [-0.1, -0.05) is 0 Å². The van der Waals surface area contributed by atoms with Crippen molar-refractivity contribution < 1.29 is 29.0 Å². The van der Waals surface area contributed by atoms with Crippen LogP contribution in [-0.4, -0.2) is 43.1 Å². The molecule has 1 fully saturated rings. The molecule has 2 rings (SSSR count). The second kappa shape index (κ2) is 5.89. The quantitative estimate of drug-likeness (QED) is 0.298. The minimum absolute atomic E-state index is 0.00503. The molecule has 1 aliphatic heterocycles. The molecule has 1 unspecified atom stereocenters. The number of aliphatic hydroxyl groups is 2. The highest BCUT2D eigenvalue weighted by Gasteiger charge is 2.45. The number of nitrogen functional groups attached to an aromatic ring is 1. The Morgan fingerprint density at radius 1 is 1.50 bits per heavy atom. The highest BCUT2D eigenvalue weighted by Crippen LogP contribution is 2.28. The van der Waals surface area contributed by atoms with Gasteiger partial charge in [0.05, 0.1) is 0 Å². The smallest absolute Gasteiger partial charge is 0.386 e. The van der Waals surface area contributed by atoms with Crippen molar-refractivity contribution in [3.05, 3.63) is 22.7 Å². The lowest BCUT2D eigenvalue weighted by Gasteiger charge is -2.16. The number of rotatable bonds is 4. The van der Waals surface area contributed by atoms with Gasteiger partial charge in [0.15, 0.2) is 12.5 Å². The van der Waals surface area contributed by atoms with Gasteiger partial charge in [-0.2, -0.15) is 4.98 Å². The number of nitrogens with one attached hydrogen (secondary N) is 1. The zero-order valence-electron chi connectivity index (χ0n) is 9.86. The Kier molecular flexibility index (Phi) is 4.40. The molecule has 1 aliphatic rings. The lowest BCUT2D eigenvalue weighted by molar-refractivity contribution is -0.0888. The van der Waals surface area contributed by atoms with Crippen LogP contribution in [-0.2, 0) is 13.9 Å². The van der Waals surface area contributed by atoms with Crippen LogP contribution in [0.5, 0.6) is 0 Å². The topological polar surface area (TPSA) is 169 Å². The third-order valence-corrected chi connectivity index (χ3v) is 2.87. The number of hydroxylamine groups is 1. The van der Waals surface area contributed by atoms with E-state index in [9.17, 15) is 19.6 Å². The van der Waals surface area contributed by atoms with E-state index in [2.05, 4.69) is 9.61 Å². The van der Waals surface area contributed by atoms with Crippen molar-refractivity contribution in [1.82, 2.24) is 15.0 Å². The molecule has 0 spiro atoms. The minimum Gasteiger partial charge on any atom is -0.386 e. The Labute approximate surface area is 112 Å². The highest BCUT2D eigenvalue weighted by molar-refractivity contribution is 7.32. The first-order valence-corrected chi connectivity index (χ1v) is 6.48. The third-order valence-electron chi connectivity index (χ3n) is 2.61. The molecular weight excluding hydrogens is 295 g/mol. The summed E-state index contributed by atoms with van der Waals surface area (Å²) in [7, 11) is -2.96. The Bertz CT molecular complexity index is 566. The Morgan fingerprint density at radius 2 is 2.20 bits per heavy atom. The van der Waals surface area contributed by atoms with Gasteiger partial charge in [-0.25, -0.2) is 4.79 Å². The normalized spacial score (nSPS) is 30.4. The zero-order valence-corrected chi connectivity index (χ0v) is 10.8. The molecule has 2 heterocycles. The Hall–Kier alpha value is -1.46. The summed E-state index contributed by atoms with van der Waals surface area (Å²) in [6.07, 6.45) is -4.27. The molecule has 20 heavy (non-hydrogen) atoms. The number of ether oxygens (including phenoxy) is 1. The average Bonchev–Trinajstić information content (AvgIpc) is 2.64. The second-order valence-electron chi connectivity index (χ2n) is 3.92. The molecule has 12 heteroatoms. The largest absolute Gasteiger partial charge is 0.713 e. The maximum Gasteiger partial charge on any atom is 0.713 e. The van der Waals surface area contributed by atoms with E-state index in [1.807, 2.05) is 5.48 Å². The first-order chi connectivity index (χ1) is 9.40. The van der Waals surface area contributed by atoms with E-state index < -0.39 is 38.6 Å². The van der Waals surface area contributed by atoms with Crippen molar-refractivity contribution in [3.63, 3.8) is 0 Å². The van der Waals surface area contributed by atoms with E-state index in [-0.39, 0.29) is 5.82 Å². The van der Waals surface area contributed by atoms with Gasteiger partial charge >= 0.3 is 13.9 Å². The fourth-order valence-corrected chi connectivity index (χ4v) is 1.90. The summed E-state index contributed by atoms with van der Waals surface area (Å²) < 4.78 is 20.6. The van der Waals surface area contributed by atoms with E-state index in [0.29, 0.717) is 0 Å². The minimum atomic E-state index is -2.96. The van der Waals surface area contributed by atoms with Crippen LogP contribution in [0.1, 0.15) is 6.23 Å². The lowest BCUT2D eigenvalue weighted by Crippen LogP contribution is -2.40. The standard InChI is InChI=1S/C8H11N4O7P/c9-3-1-2-12(8(15)10-3)7-5(14)4(13)6(18-7)11-19-20(16)17/h1-2,4-7,11,13-14H,(H2-,9,10,15,16,17)/p+1/t4-,5-,6+,7-/m1/s1. The van der Waals surface area contributed by atoms with Gasteiger partial charge in [0.25, 0.3) is 0 Å². The van der Waals surface area contributed by atoms with E-state index in [4.69, 9.17) is 15.4 Å². The van der Waals surface area contributed by atoms with E-state index >= 15 is 0 Å². The van der Waals surface area contributed by atoms with Gasteiger partial charge in [0, 0.05) is 10.8 Å². The lowest BCUT2D eigenvalue weighted by atomic mass is 10.2. The summed E-state index contributed by atoms with van der Waals surface area (Å²) in [5, 5.41) is 19.5. The van der Waals surface area contributed by atoms with Crippen LogP contribution in [0.2, 0.25) is 0 Å². The van der Waals surface area contributed by atoms with Gasteiger partial charge < -0.3 is 20.7 Å². The van der Waals surface area contributed by atoms with E-state index in [1.165, 1.54) is 12.3 Å². The van der Waals surface area contributed by atoms with Gasteiger partial charge in [0.1, 0.15) is 18.0 Å². The molecular formula is C8H12N4O7P+.